The molecule has 0 aliphatic carbocycles. The average molecular weight is 306 g/mol. The molecule has 1 fully saturated rings. The Morgan fingerprint density at radius 3 is 2.86 bits per heavy atom. The average Bonchev–Trinajstić information content (AvgIpc) is 3.20. The van der Waals surface area contributed by atoms with Crippen molar-refractivity contribution in [3.05, 3.63) is 17.9 Å². The number of nitrogens with one attached hydrogen (secondary N) is 2. The summed E-state index contributed by atoms with van der Waals surface area (Å²) in [6, 6.07) is 1.89. The molecular weight excluding hydrogens is 284 g/mol. The number of anilines is 1. The van der Waals surface area contributed by atoms with Gasteiger partial charge in [-0.05, 0) is 12.8 Å². The van der Waals surface area contributed by atoms with Crippen LogP contribution in [0.15, 0.2) is 16.7 Å². The van der Waals surface area contributed by atoms with Gasteiger partial charge in [-0.1, -0.05) is 0 Å². The molecule has 120 valence electrons. The summed E-state index contributed by atoms with van der Waals surface area (Å²) in [6.07, 6.45) is 2.98. The Balaban J connectivity index is 2.14. The van der Waals surface area contributed by atoms with E-state index in [2.05, 4.69) is 5.32 Å². The first kappa shape index (κ1) is 14.9. The van der Waals surface area contributed by atoms with Gasteiger partial charge in [0.25, 0.3) is 0 Å². The highest BCUT2D eigenvalue weighted by molar-refractivity contribution is 6.11. The summed E-state index contributed by atoms with van der Waals surface area (Å²) in [7, 11) is 5.50. The van der Waals surface area contributed by atoms with Gasteiger partial charge in [-0.3, -0.25) is 9.98 Å². The largest absolute Gasteiger partial charge is 0.462 e. The summed E-state index contributed by atoms with van der Waals surface area (Å²) < 4.78 is 13.6. The molecule has 2 unspecified atom stereocenters. The summed E-state index contributed by atoms with van der Waals surface area (Å²) in [4.78, 5) is 1.74. The van der Waals surface area contributed by atoms with E-state index in [1.54, 1.807) is 11.2 Å². The number of nitrogens with zero attached hydrogens (tertiary/aromatic N) is 2. The molecule has 0 spiro atoms. The normalized spacial score (nSPS) is 21.5. The van der Waals surface area contributed by atoms with E-state index in [-0.39, 0.29) is 18.9 Å². The molecule has 2 atom stereocenters. The monoisotopic (exact) mass is 306 g/mol. The molecule has 7 nitrogen and oxygen atoms in total. The number of hydrogen-bond donors (Lipinski definition) is 3. The molecule has 1 saturated heterocycles. The first-order valence-electron chi connectivity index (χ1n) is 7.40. The molecule has 0 amide bonds. The topological polar surface area (TPSA) is 86.7 Å². The van der Waals surface area contributed by atoms with Crippen molar-refractivity contribution >= 4 is 22.8 Å². The lowest BCUT2D eigenvalue weighted by Crippen LogP contribution is -2.23. The Bertz CT molecular complexity index is 688. The predicted octanol–water partition coefficient (Wildman–Crippen LogP) is 1.83. The van der Waals surface area contributed by atoms with E-state index < -0.39 is 0 Å². The Kier molecular flexibility index (Phi) is 3.84. The van der Waals surface area contributed by atoms with Gasteiger partial charge in [0.05, 0.1) is 24.5 Å². The van der Waals surface area contributed by atoms with Crippen molar-refractivity contribution in [1.82, 2.24) is 9.47 Å². The van der Waals surface area contributed by atoms with Gasteiger partial charge >= 0.3 is 0 Å². The minimum atomic E-state index is -0.164. The van der Waals surface area contributed by atoms with Crippen LogP contribution in [-0.4, -0.2) is 54.3 Å². The second-order valence-electron chi connectivity index (χ2n) is 5.69. The van der Waals surface area contributed by atoms with Gasteiger partial charge in [-0.25, -0.2) is 0 Å². The maximum absolute atomic E-state index is 9.29. The molecule has 1 aliphatic rings. The third-order valence-corrected chi connectivity index (χ3v) is 4.11. The van der Waals surface area contributed by atoms with Crippen molar-refractivity contribution < 1.29 is 14.3 Å². The number of fused-ring (bicyclic) bond motifs is 1. The summed E-state index contributed by atoms with van der Waals surface area (Å²) in [5.41, 5.74) is 2.30. The molecule has 3 N–H and O–H groups in total. The van der Waals surface area contributed by atoms with Crippen LogP contribution in [-0.2, 0) is 4.74 Å². The first-order chi connectivity index (χ1) is 10.6. The molecule has 0 saturated carbocycles. The van der Waals surface area contributed by atoms with E-state index >= 15 is 0 Å². The lowest BCUT2D eigenvalue weighted by Gasteiger charge is -2.20. The van der Waals surface area contributed by atoms with Crippen LogP contribution in [0.4, 0.5) is 5.82 Å². The number of aliphatic hydroxyl groups is 1. The van der Waals surface area contributed by atoms with Gasteiger partial charge in [0.1, 0.15) is 23.4 Å². The van der Waals surface area contributed by atoms with Crippen LogP contribution in [0.25, 0.3) is 11.1 Å². The number of furan rings is 1. The van der Waals surface area contributed by atoms with Crippen LogP contribution in [0.5, 0.6) is 0 Å². The number of ether oxygens (including phenoxy) is 1. The van der Waals surface area contributed by atoms with Crippen molar-refractivity contribution in [2.24, 2.45) is 0 Å². The quantitative estimate of drug-likeness (QED) is 0.592. The number of aromatic nitrogens is 1. The second kappa shape index (κ2) is 5.66. The molecular formula is C15H22N4O3. The SMILES string of the molecule is CNc1c(C(=N)N(C)C)c2occc2n1C1CCC(CO)O1. The summed E-state index contributed by atoms with van der Waals surface area (Å²) >= 11 is 0. The van der Waals surface area contributed by atoms with Crippen molar-refractivity contribution in [3.8, 4) is 0 Å². The Hall–Kier alpha value is -1.99. The van der Waals surface area contributed by atoms with E-state index in [1.165, 1.54) is 0 Å². The molecule has 2 aromatic heterocycles. The second-order valence-corrected chi connectivity index (χ2v) is 5.69. The highest BCUT2D eigenvalue weighted by atomic mass is 16.5. The molecule has 3 heterocycles. The molecule has 0 radical (unpaired) electrons. The van der Waals surface area contributed by atoms with Gasteiger partial charge in [-0.2, -0.15) is 0 Å². The van der Waals surface area contributed by atoms with Crippen LogP contribution in [0.2, 0.25) is 0 Å². The van der Waals surface area contributed by atoms with Crippen molar-refractivity contribution in [3.63, 3.8) is 0 Å². The first-order valence-corrected chi connectivity index (χ1v) is 7.40. The van der Waals surface area contributed by atoms with Crippen LogP contribution in [0, 0.1) is 5.41 Å². The fourth-order valence-electron chi connectivity index (χ4n) is 3.03. The number of hydrogen-bond acceptors (Lipinski definition) is 5. The Morgan fingerprint density at radius 2 is 2.27 bits per heavy atom. The fourth-order valence-corrected chi connectivity index (χ4v) is 3.03. The summed E-state index contributed by atoms with van der Waals surface area (Å²) in [5.74, 6) is 1.18. The number of aliphatic hydroxyl groups excluding tert-OH is 1. The van der Waals surface area contributed by atoms with E-state index in [0.717, 1.165) is 29.7 Å². The zero-order valence-electron chi connectivity index (χ0n) is 13.1. The van der Waals surface area contributed by atoms with Crippen LogP contribution in [0.1, 0.15) is 24.6 Å². The molecule has 1 aliphatic heterocycles. The molecule has 0 aromatic carbocycles. The van der Waals surface area contributed by atoms with Gasteiger partial charge in [0, 0.05) is 27.2 Å². The van der Waals surface area contributed by atoms with E-state index in [4.69, 9.17) is 14.6 Å². The Morgan fingerprint density at radius 1 is 1.50 bits per heavy atom. The highest BCUT2D eigenvalue weighted by Gasteiger charge is 2.32. The Labute approximate surface area is 129 Å². The summed E-state index contributed by atoms with van der Waals surface area (Å²) in [6.45, 7) is 0.0293. The van der Waals surface area contributed by atoms with Crippen molar-refractivity contribution in [1.29, 1.82) is 5.41 Å². The summed E-state index contributed by atoms with van der Waals surface area (Å²) in [5, 5.41) is 20.8. The molecule has 3 rings (SSSR count). The maximum Gasteiger partial charge on any atom is 0.164 e. The zero-order chi connectivity index (χ0) is 15.9. The van der Waals surface area contributed by atoms with Gasteiger partial charge in [0.2, 0.25) is 0 Å². The third kappa shape index (κ3) is 2.17. The van der Waals surface area contributed by atoms with Crippen molar-refractivity contribution in [2.45, 2.75) is 25.2 Å². The minimum Gasteiger partial charge on any atom is -0.462 e. The van der Waals surface area contributed by atoms with Gasteiger partial charge in [-0.15, -0.1) is 0 Å². The highest BCUT2D eigenvalue weighted by Crippen LogP contribution is 2.39. The zero-order valence-corrected chi connectivity index (χ0v) is 13.1. The predicted molar refractivity (Wildman–Crippen MR) is 84.5 cm³/mol. The minimum absolute atomic E-state index is 0.0293. The number of amidine groups is 1. The van der Waals surface area contributed by atoms with Crippen LogP contribution in [0.3, 0.4) is 0 Å². The fraction of sp³-hybridized carbons (Fsp3) is 0.533. The lowest BCUT2D eigenvalue weighted by molar-refractivity contribution is -0.0193. The van der Waals surface area contributed by atoms with Crippen LogP contribution >= 0.6 is 0 Å². The molecule has 22 heavy (non-hydrogen) atoms. The van der Waals surface area contributed by atoms with Crippen LogP contribution < -0.4 is 5.32 Å². The van der Waals surface area contributed by atoms with E-state index in [0.29, 0.717) is 11.4 Å². The maximum atomic E-state index is 9.29. The third-order valence-electron chi connectivity index (χ3n) is 4.11. The lowest BCUT2D eigenvalue weighted by atomic mass is 10.2. The van der Waals surface area contributed by atoms with Crippen molar-refractivity contribution in [2.75, 3.05) is 33.1 Å². The number of rotatable bonds is 4. The standard InChI is InChI=1S/C15H22N4O3/c1-17-15-12(14(16)18(2)3)13-10(6-7-21-13)19(15)11-5-4-9(8-20)22-11/h6-7,9,11,16-17,20H,4-5,8H2,1-3H3. The molecule has 2 aromatic rings. The van der Waals surface area contributed by atoms with Gasteiger partial charge < -0.3 is 24.5 Å². The molecule has 7 heteroatoms. The molecule has 0 bridgehead atoms. The van der Waals surface area contributed by atoms with E-state index in [1.807, 2.05) is 31.8 Å². The smallest absolute Gasteiger partial charge is 0.164 e. The van der Waals surface area contributed by atoms with Gasteiger partial charge in [0.15, 0.2) is 5.58 Å². The van der Waals surface area contributed by atoms with E-state index in [9.17, 15) is 5.11 Å².